The minimum atomic E-state index is -0.256. The largest absolute Gasteiger partial charge is 0.341 e. The monoisotopic (exact) mass is 397 g/mol. The first-order valence-electron chi connectivity index (χ1n) is 9.66. The maximum Gasteiger partial charge on any atom is 0.228 e. The molecule has 2 N–H and O–H groups in total. The number of rotatable bonds is 2. The zero-order chi connectivity index (χ0) is 18.5. The van der Waals surface area contributed by atoms with Gasteiger partial charge in [-0.3, -0.25) is 9.59 Å². The Kier molecular flexibility index (Phi) is 4.89. The molecule has 1 aliphatic carbocycles. The van der Waals surface area contributed by atoms with Gasteiger partial charge >= 0.3 is 0 Å². The predicted octanol–water partition coefficient (Wildman–Crippen LogP) is 2.59. The lowest BCUT2D eigenvalue weighted by molar-refractivity contribution is -0.134. The molecule has 146 valence electrons. The molecule has 2 amide bonds. The van der Waals surface area contributed by atoms with Crippen LogP contribution in [0.2, 0.25) is 0 Å². The van der Waals surface area contributed by atoms with Crippen molar-refractivity contribution in [3.63, 3.8) is 0 Å². The molecule has 1 unspecified atom stereocenters. The molecule has 6 heteroatoms. The van der Waals surface area contributed by atoms with Crippen LogP contribution in [-0.2, 0) is 16.0 Å². The van der Waals surface area contributed by atoms with Crippen molar-refractivity contribution in [3.05, 3.63) is 53.6 Å². The first-order valence-corrected chi connectivity index (χ1v) is 9.66. The van der Waals surface area contributed by atoms with E-state index in [1.807, 2.05) is 11.0 Å². The van der Waals surface area contributed by atoms with Gasteiger partial charge in [-0.1, -0.05) is 30.3 Å². The highest BCUT2D eigenvalue weighted by Crippen LogP contribution is 2.39. The van der Waals surface area contributed by atoms with E-state index in [0.29, 0.717) is 26.1 Å². The van der Waals surface area contributed by atoms with Crippen LogP contribution in [0.15, 0.2) is 42.5 Å². The molecule has 0 aromatic heterocycles. The van der Waals surface area contributed by atoms with Gasteiger partial charge in [-0.05, 0) is 47.2 Å². The summed E-state index contributed by atoms with van der Waals surface area (Å²) >= 11 is 0. The van der Waals surface area contributed by atoms with Gasteiger partial charge in [0.15, 0.2) is 0 Å². The maximum absolute atomic E-state index is 12.7. The quantitative estimate of drug-likeness (QED) is 0.722. The van der Waals surface area contributed by atoms with Crippen LogP contribution in [0.25, 0.3) is 11.1 Å². The minimum absolute atomic E-state index is 0. The van der Waals surface area contributed by atoms with E-state index >= 15 is 0 Å². The Hall–Kier alpha value is -2.37. The van der Waals surface area contributed by atoms with Gasteiger partial charge in [-0.25, -0.2) is 0 Å². The molecule has 2 aromatic rings. The SMILES string of the molecule is Cl.N[C@@H]1CCN(C(=O)C2CC(=O)N(c3ccc4c(c3)Cc3ccccc3-4)C2)C1. The predicted molar refractivity (Wildman–Crippen MR) is 112 cm³/mol. The van der Waals surface area contributed by atoms with Crippen LogP contribution >= 0.6 is 12.4 Å². The normalized spacial score (nSPS) is 22.8. The number of carbonyl (C=O) groups excluding carboxylic acids is 2. The van der Waals surface area contributed by atoms with Gasteiger partial charge in [0.05, 0.1) is 5.92 Å². The number of nitrogens with two attached hydrogens (primary N) is 1. The van der Waals surface area contributed by atoms with E-state index in [1.54, 1.807) is 4.90 Å². The third-order valence-electron chi connectivity index (χ3n) is 6.10. The highest BCUT2D eigenvalue weighted by atomic mass is 35.5. The van der Waals surface area contributed by atoms with Crippen LogP contribution in [0.4, 0.5) is 5.69 Å². The van der Waals surface area contributed by atoms with Crippen molar-refractivity contribution in [2.24, 2.45) is 11.7 Å². The summed E-state index contributed by atoms with van der Waals surface area (Å²) in [6, 6.07) is 14.7. The highest BCUT2D eigenvalue weighted by Gasteiger charge is 2.39. The standard InChI is InChI=1S/C22H23N3O2.ClH/c23-17-7-8-24(13-17)22(27)16-11-21(26)25(12-16)18-5-6-20-15(10-18)9-14-3-1-2-4-19(14)20;/h1-6,10,16-17H,7-9,11-13,23H2;1H/t16?,17-;/m1./s1. The number of halogens is 1. The Morgan fingerprint density at radius 2 is 1.82 bits per heavy atom. The van der Waals surface area contributed by atoms with Crippen LogP contribution in [-0.4, -0.2) is 42.4 Å². The number of anilines is 1. The van der Waals surface area contributed by atoms with Crippen LogP contribution in [0.1, 0.15) is 24.0 Å². The molecule has 2 saturated heterocycles. The Balaban J connectivity index is 0.00000192. The second kappa shape index (κ2) is 7.22. The number of fused-ring (bicyclic) bond motifs is 3. The van der Waals surface area contributed by atoms with E-state index in [1.165, 1.54) is 22.3 Å². The number of nitrogens with zero attached hydrogens (tertiary/aromatic N) is 2. The fourth-order valence-electron chi connectivity index (χ4n) is 4.67. The lowest BCUT2D eigenvalue weighted by Gasteiger charge is -2.21. The van der Waals surface area contributed by atoms with Gasteiger partial charge in [-0.2, -0.15) is 0 Å². The summed E-state index contributed by atoms with van der Waals surface area (Å²) < 4.78 is 0. The van der Waals surface area contributed by atoms with E-state index in [0.717, 1.165) is 18.5 Å². The van der Waals surface area contributed by atoms with Gasteiger partial charge in [0.25, 0.3) is 0 Å². The van der Waals surface area contributed by atoms with Crippen molar-refractivity contribution in [1.29, 1.82) is 0 Å². The average molecular weight is 398 g/mol. The number of hydrogen-bond donors (Lipinski definition) is 1. The highest BCUT2D eigenvalue weighted by molar-refractivity contribution is 6.00. The molecule has 2 fully saturated rings. The van der Waals surface area contributed by atoms with Crippen LogP contribution < -0.4 is 10.6 Å². The molecular formula is C22H24ClN3O2. The topological polar surface area (TPSA) is 66.6 Å². The summed E-state index contributed by atoms with van der Waals surface area (Å²) in [7, 11) is 0. The van der Waals surface area contributed by atoms with Gasteiger partial charge in [0, 0.05) is 37.8 Å². The fraction of sp³-hybridized carbons (Fsp3) is 0.364. The number of carbonyl (C=O) groups is 2. The Morgan fingerprint density at radius 3 is 2.61 bits per heavy atom. The number of likely N-dealkylation sites (tertiary alicyclic amines) is 1. The smallest absolute Gasteiger partial charge is 0.228 e. The zero-order valence-electron chi connectivity index (χ0n) is 15.6. The molecule has 2 heterocycles. The third-order valence-corrected chi connectivity index (χ3v) is 6.10. The molecule has 0 radical (unpaired) electrons. The summed E-state index contributed by atoms with van der Waals surface area (Å²) in [6.07, 6.45) is 2.04. The van der Waals surface area contributed by atoms with Crippen molar-refractivity contribution in [1.82, 2.24) is 4.90 Å². The molecule has 2 aliphatic heterocycles. The van der Waals surface area contributed by atoms with Gasteiger partial charge in [0.1, 0.15) is 0 Å². The molecule has 28 heavy (non-hydrogen) atoms. The Morgan fingerprint density at radius 1 is 1.04 bits per heavy atom. The third kappa shape index (κ3) is 3.09. The summed E-state index contributed by atoms with van der Waals surface area (Å²) in [5.74, 6) is -0.145. The van der Waals surface area contributed by atoms with E-state index in [-0.39, 0.29) is 36.2 Å². The van der Waals surface area contributed by atoms with Crippen molar-refractivity contribution in [2.75, 3.05) is 24.5 Å². The lowest BCUT2D eigenvalue weighted by Crippen LogP contribution is -2.37. The molecule has 2 atom stereocenters. The van der Waals surface area contributed by atoms with Gasteiger partial charge in [-0.15, -0.1) is 12.4 Å². The Bertz CT molecular complexity index is 945. The molecule has 3 aliphatic rings. The minimum Gasteiger partial charge on any atom is -0.341 e. The molecule has 0 spiro atoms. The molecule has 5 rings (SSSR count). The first kappa shape index (κ1) is 19.0. The van der Waals surface area contributed by atoms with E-state index in [9.17, 15) is 9.59 Å². The maximum atomic E-state index is 12.7. The summed E-state index contributed by atoms with van der Waals surface area (Å²) in [5.41, 5.74) is 11.9. The zero-order valence-corrected chi connectivity index (χ0v) is 16.5. The molecule has 0 saturated carbocycles. The fourth-order valence-corrected chi connectivity index (χ4v) is 4.67. The van der Waals surface area contributed by atoms with Crippen LogP contribution in [0.5, 0.6) is 0 Å². The molecule has 2 aromatic carbocycles. The number of amides is 2. The molecular weight excluding hydrogens is 374 g/mol. The summed E-state index contributed by atoms with van der Waals surface area (Å²) in [4.78, 5) is 29.0. The summed E-state index contributed by atoms with van der Waals surface area (Å²) in [5, 5.41) is 0. The number of benzene rings is 2. The van der Waals surface area contributed by atoms with E-state index in [4.69, 9.17) is 5.73 Å². The molecule has 0 bridgehead atoms. The van der Waals surface area contributed by atoms with Crippen LogP contribution in [0.3, 0.4) is 0 Å². The van der Waals surface area contributed by atoms with Crippen molar-refractivity contribution in [3.8, 4) is 11.1 Å². The van der Waals surface area contributed by atoms with Crippen molar-refractivity contribution < 1.29 is 9.59 Å². The van der Waals surface area contributed by atoms with Crippen molar-refractivity contribution >= 4 is 29.9 Å². The first-order chi connectivity index (χ1) is 13.1. The second-order valence-corrected chi connectivity index (χ2v) is 7.91. The summed E-state index contributed by atoms with van der Waals surface area (Å²) in [6.45, 7) is 1.79. The van der Waals surface area contributed by atoms with E-state index < -0.39 is 0 Å². The van der Waals surface area contributed by atoms with Crippen molar-refractivity contribution in [2.45, 2.75) is 25.3 Å². The van der Waals surface area contributed by atoms with Crippen LogP contribution in [0, 0.1) is 5.92 Å². The van der Waals surface area contributed by atoms with Gasteiger partial charge < -0.3 is 15.5 Å². The number of hydrogen-bond acceptors (Lipinski definition) is 3. The Labute approximate surface area is 170 Å². The van der Waals surface area contributed by atoms with Gasteiger partial charge in [0.2, 0.25) is 11.8 Å². The van der Waals surface area contributed by atoms with E-state index in [2.05, 4.69) is 36.4 Å². The average Bonchev–Trinajstić information content (AvgIpc) is 3.37. The lowest BCUT2D eigenvalue weighted by atomic mass is 10.1. The second-order valence-electron chi connectivity index (χ2n) is 7.91. The molecule has 5 nitrogen and oxygen atoms in total.